The first-order valence-corrected chi connectivity index (χ1v) is 27.9. The Balaban J connectivity index is 0.000000142. The molecule has 442 valence electrons. The molecule has 0 unspecified atom stereocenters. The number of carbonyl (C=O) groups excluding carboxylic acids is 8. The first-order valence-electron chi connectivity index (χ1n) is 27.9. The highest BCUT2D eigenvalue weighted by Gasteiger charge is 2.40. The molecule has 7 aliphatic rings. The zero-order chi connectivity index (χ0) is 59.5. The van der Waals surface area contributed by atoms with Crippen LogP contribution in [0.3, 0.4) is 0 Å². The smallest absolute Gasteiger partial charge is 0.414 e. The van der Waals surface area contributed by atoms with E-state index in [9.17, 15) is 38.4 Å². The number of aliphatic hydroxyl groups is 1. The first-order chi connectivity index (χ1) is 40.7. The van der Waals surface area contributed by atoms with E-state index < -0.39 is 18.3 Å². The first kappa shape index (κ1) is 60.9. The molecule has 5 aromatic rings. The van der Waals surface area contributed by atoms with Crippen LogP contribution in [0.4, 0.5) is 59.9 Å². The van der Waals surface area contributed by atoms with Crippen LogP contribution < -0.4 is 46.2 Å². The van der Waals surface area contributed by atoms with Crippen molar-refractivity contribution in [2.24, 2.45) is 5.73 Å². The molecule has 84 heavy (non-hydrogen) atoms. The van der Waals surface area contributed by atoms with Gasteiger partial charge in [0.15, 0.2) is 6.61 Å². The maximum absolute atomic E-state index is 11.8. The zero-order valence-electron chi connectivity index (χ0n) is 46.8. The van der Waals surface area contributed by atoms with Crippen molar-refractivity contribution in [3.63, 3.8) is 0 Å². The summed E-state index contributed by atoms with van der Waals surface area (Å²) in [6, 6.07) is 38.8. The second-order valence-electron chi connectivity index (χ2n) is 20.2. The quantitative estimate of drug-likeness (QED) is 0.0296. The van der Waals surface area contributed by atoms with Gasteiger partial charge in [-0.05, 0) is 128 Å². The summed E-state index contributed by atoms with van der Waals surface area (Å²) >= 11 is 0. The van der Waals surface area contributed by atoms with Gasteiger partial charge in [-0.3, -0.25) is 39.1 Å². The predicted octanol–water partition coefficient (Wildman–Crippen LogP) is 7.30. The number of amides is 7. The number of aliphatic hydroxyl groups excluding tert-OH is 1. The molecule has 5 aromatic carbocycles. The summed E-state index contributed by atoms with van der Waals surface area (Å²) < 4.78 is 24.5. The molecule has 7 fully saturated rings. The average molecular weight is 1150 g/mol. The molecule has 0 aromatic heterocycles. The Morgan fingerprint density at radius 3 is 1.29 bits per heavy atom. The number of benzene rings is 5. The minimum Gasteiger partial charge on any atom is -0.458 e. The molecule has 23 heteroatoms. The highest BCUT2D eigenvalue weighted by Crippen LogP contribution is 2.30. The van der Waals surface area contributed by atoms with Crippen LogP contribution in [0.15, 0.2) is 127 Å². The molecule has 0 bridgehead atoms. The molecule has 0 aliphatic carbocycles. The molecule has 0 saturated carbocycles. The molecule has 3 atom stereocenters. The third-order valence-corrected chi connectivity index (χ3v) is 14.1. The number of anilines is 8. The minimum absolute atomic E-state index is 0.0684. The van der Waals surface area contributed by atoms with Crippen LogP contribution in [0.25, 0.3) is 0 Å². The van der Waals surface area contributed by atoms with Crippen LogP contribution in [-0.2, 0) is 54.3 Å². The van der Waals surface area contributed by atoms with Crippen molar-refractivity contribution in [1.82, 2.24) is 0 Å². The average Bonchev–Trinajstić information content (AvgIpc) is 4.28. The van der Waals surface area contributed by atoms with Gasteiger partial charge in [0.2, 0.25) is 23.6 Å². The van der Waals surface area contributed by atoms with Gasteiger partial charge in [-0.1, -0.05) is 30.3 Å². The molecule has 7 saturated heterocycles. The van der Waals surface area contributed by atoms with Gasteiger partial charge in [-0.25, -0.2) is 14.4 Å². The van der Waals surface area contributed by atoms with Gasteiger partial charge in [0.25, 0.3) is 6.61 Å². The van der Waals surface area contributed by atoms with Crippen LogP contribution in [0.2, 0.25) is 0 Å². The van der Waals surface area contributed by atoms with E-state index in [0.717, 1.165) is 91.6 Å². The van der Waals surface area contributed by atoms with Gasteiger partial charge in [-0.2, -0.15) is 0 Å². The van der Waals surface area contributed by atoms with Gasteiger partial charge in [0.05, 0.1) is 19.7 Å². The van der Waals surface area contributed by atoms with Crippen LogP contribution in [-0.4, -0.2) is 130 Å². The Hall–Kier alpha value is -9.19. The molecule has 7 heterocycles. The Bertz CT molecular complexity index is 2960. The number of cyclic esters (lactones) is 2. The number of nitrogens with two attached hydrogens (primary N) is 2. The fourth-order valence-corrected chi connectivity index (χ4v) is 9.58. The highest BCUT2D eigenvalue weighted by atomic mass is 16.6. The van der Waals surface area contributed by atoms with Crippen molar-refractivity contribution >= 4 is 93.4 Å². The molecule has 0 spiro atoms. The van der Waals surface area contributed by atoms with E-state index in [1.165, 1.54) is 11.8 Å². The molecule has 23 nitrogen and oxygen atoms in total. The number of hydrogen-bond donors (Lipinski definition) is 4. The number of carbonyl (C=O) groups is 8. The van der Waals surface area contributed by atoms with Gasteiger partial charge >= 0.3 is 30.4 Å². The topological polar surface area (TPSA) is 290 Å². The molecular weight excluding hydrogens is 1080 g/mol. The lowest BCUT2D eigenvalue weighted by Gasteiger charge is -2.18. The number of nitrogens with zero attached hydrogens (tertiary/aromatic N) is 6. The zero-order valence-corrected chi connectivity index (χ0v) is 46.8. The van der Waals surface area contributed by atoms with Gasteiger partial charge in [0.1, 0.15) is 18.8 Å². The van der Waals surface area contributed by atoms with E-state index in [4.69, 9.17) is 30.8 Å². The van der Waals surface area contributed by atoms with Crippen molar-refractivity contribution < 1.29 is 67.1 Å². The molecular formula is C61H70N9O14+. The predicted molar refractivity (Wildman–Crippen MR) is 314 cm³/mol. The third kappa shape index (κ3) is 17.2. The summed E-state index contributed by atoms with van der Waals surface area (Å²) in [6.45, 7) is 7.66. The minimum atomic E-state index is -0.501. The van der Waals surface area contributed by atoms with Crippen molar-refractivity contribution in [3.05, 3.63) is 140 Å². The fourth-order valence-electron chi connectivity index (χ4n) is 9.58. The largest absolute Gasteiger partial charge is 0.458 e. The van der Waals surface area contributed by atoms with Gasteiger partial charge in [0, 0.05) is 111 Å². The Labute approximate surface area is 486 Å². The number of nitrogens with one attached hydrogen (secondary N) is 1. The van der Waals surface area contributed by atoms with E-state index in [1.807, 2.05) is 103 Å². The van der Waals surface area contributed by atoms with E-state index >= 15 is 0 Å². The van der Waals surface area contributed by atoms with Crippen LogP contribution in [0.1, 0.15) is 63.9 Å². The Kier molecular flexibility index (Phi) is 21.5. The van der Waals surface area contributed by atoms with Crippen LogP contribution in [0.5, 0.6) is 0 Å². The monoisotopic (exact) mass is 1150 g/mol. The van der Waals surface area contributed by atoms with Crippen molar-refractivity contribution in [1.29, 1.82) is 0 Å². The standard InChI is InChI=1S/C18H18N2O3.C14H17N3O3.C14H16N2O4.C10H12N2O.C5H7O3/c21-17-7-4-12-20(17)16-10-8-15(9-11-16)19-18(22)23-13-14-5-2-1-3-6-14;15-8-12-9-17(14(19)20-12)11-5-3-10(4-6-11)16-7-1-2-13(16)18;17-9-12-8-16(14(19)20-12)11-5-3-10(4-6-11)15-7-1-2-13(15)18;11-8-3-5-9(6-4-8)12-7-1-2-10(12)13;1-4(6)7-2-5-3-8-5/h1-3,5-6,8-11H,4,7,12-13H2,(H,19,22);3-6,12H,1-2,7-9,15H2;3-6,12,17H,1-2,7-9H2;3-6H,1-2,7,11H2;3,5H,2H2,1H3/q;;;;+1/t;2*12-;;5-/m.01.0/s1. The summed E-state index contributed by atoms with van der Waals surface area (Å²) in [5, 5.41) is 11.7. The SMILES string of the molecule is CC(=O)OC[C@H]1[CH+]O1.NC[C@H]1CN(c2ccc(N3CCCC3=O)cc2)C(=O)O1.Nc1ccc(N2CCCC2=O)cc1.O=C(Nc1ccc(N2CCCC2=O)cc1)OCc1ccccc1.O=C1CCCN1c1ccc(N2C[C@H](CO)OC2=O)cc1. The third-order valence-electron chi connectivity index (χ3n) is 14.1. The molecule has 7 aliphatic heterocycles. The number of hydrogen-bond acceptors (Lipinski definition) is 16. The highest BCUT2D eigenvalue weighted by molar-refractivity contribution is 5.98. The lowest BCUT2D eigenvalue weighted by molar-refractivity contribution is -0.141. The van der Waals surface area contributed by atoms with Crippen LogP contribution >= 0.6 is 0 Å². The van der Waals surface area contributed by atoms with E-state index in [2.05, 4.69) is 14.8 Å². The lowest BCUT2D eigenvalue weighted by Crippen LogP contribution is -2.27. The second kappa shape index (κ2) is 29.7. The number of nitrogen functional groups attached to an aromatic ring is 1. The second-order valence-corrected chi connectivity index (χ2v) is 20.2. The molecule has 6 N–H and O–H groups in total. The molecule has 7 amide bonds. The van der Waals surface area contributed by atoms with Gasteiger partial charge < -0.3 is 55.1 Å². The number of ether oxygens (including phenoxy) is 5. The van der Waals surface area contributed by atoms with E-state index in [0.29, 0.717) is 63.3 Å². The lowest BCUT2D eigenvalue weighted by atomic mass is 10.2. The van der Waals surface area contributed by atoms with Crippen LogP contribution in [0, 0.1) is 6.61 Å². The normalized spacial score (nSPS) is 19.4. The van der Waals surface area contributed by atoms with E-state index in [1.54, 1.807) is 55.4 Å². The fraction of sp³-hybridized carbons (Fsp3) is 0.361. The molecule has 0 radical (unpaired) electrons. The maximum atomic E-state index is 11.8. The van der Waals surface area contributed by atoms with E-state index in [-0.39, 0.29) is 61.1 Å². The summed E-state index contributed by atoms with van der Waals surface area (Å²) in [5.41, 5.74) is 18.4. The number of epoxide rings is 1. The number of esters is 1. The van der Waals surface area contributed by atoms with Crippen molar-refractivity contribution in [2.45, 2.75) is 83.2 Å². The Morgan fingerprint density at radius 1 is 0.560 bits per heavy atom. The summed E-state index contributed by atoms with van der Waals surface area (Å²) in [5.74, 6) is 0.395. The molecule has 12 rings (SSSR count). The number of rotatable bonds is 13. The van der Waals surface area contributed by atoms with Gasteiger partial charge in [-0.15, -0.1) is 4.74 Å². The maximum Gasteiger partial charge on any atom is 0.414 e. The summed E-state index contributed by atoms with van der Waals surface area (Å²) in [6.07, 6.45) is 4.15. The summed E-state index contributed by atoms with van der Waals surface area (Å²) in [7, 11) is 0. The van der Waals surface area contributed by atoms with Crippen molar-refractivity contribution in [2.75, 3.05) is 99.5 Å². The summed E-state index contributed by atoms with van der Waals surface area (Å²) in [4.78, 5) is 102. The van der Waals surface area contributed by atoms with Crippen molar-refractivity contribution in [3.8, 4) is 0 Å². The Morgan fingerprint density at radius 2 is 0.940 bits per heavy atom.